The van der Waals surface area contributed by atoms with E-state index in [1.807, 2.05) is 0 Å². The van der Waals surface area contributed by atoms with Crippen LogP contribution in [0.25, 0.3) is 0 Å². The first-order chi connectivity index (χ1) is 9.49. The lowest BCUT2D eigenvalue weighted by atomic mass is 10.2. The van der Waals surface area contributed by atoms with E-state index in [1.165, 1.54) is 18.5 Å². The number of benzene rings is 1. The molecule has 0 amide bonds. The van der Waals surface area contributed by atoms with Crippen LogP contribution in [-0.4, -0.2) is 11.2 Å². The number of nitrogens with two attached hydrogens (primary N) is 1. The van der Waals surface area contributed by atoms with Crippen LogP contribution in [0.3, 0.4) is 0 Å². The first-order valence-electron chi connectivity index (χ1n) is 5.62. The first-order valence-corrected chi connectivity index (χ1v) is 5.62. The van der Waals surface area contributed by atoms with Crippen LogP contribution in [0, 0.1) is 0 Å². The number of hydrogen-bond donors (Lipinski definition) is 2. The third-order valence-corrected chi connectivity index (χ3v) is 2.47. The molecule has 1 aromatic heterocycles. The van der Waals surface area contributed by atoms with Crippen molar-refractivity contribution in [2.24, 2.45) is 10.9 Å². The maximum atomic E-state index is 12.6. The highest BCUT2D eigenvalue weighted by Crippen LogP contribution is 2.31. The summed E-state index contributed by atoms with van der Waals surface area (Å²) in [5.74, 6) is 4.99. The standard InChI is InChI=1S/C13H11F3N4/c14-13(15,16)9-2-1-3-10(6-9)20-12-5-4-11(8-19-17)18-7-12/h1-8,20H,17H2/b19-8+. The van der Waals surface area contributed by atoms with E-state index >= 15 is 0 Å². The molecule has 0 aliphatic heterocycles. The summed E-state index contributed by atoms with van der Waals surface area (Å²) < 4.78 is 37.7. The van der Waals surface area contributed by atoms with Gasteiger partial charge in [-0.15, -0.1) is 0 Å². The van der Waals surface area contributed by atoms with Gasteiger partial charge in [0.1, 0.15) is 0 Å². The second kappa shape index (κ2) is 5.60. The Kier molecular flexibility index (Phi) is 3.88. The van der Waals surface area contributed by atoms with Gasteiger partial charge in [0.25, 0.3) is 0 Å². The lowest BCUT2D eigenvalue weighted by Gasteiger charge is -2.10. The predicted molar refractivity (Wildman–Crippen MR) is 70.7 cm³/mol. The number of anilines is 2. The summed E-state index contributed by atoms with van der Waals surface area (Å²) in [7, 11) is 0. The minimum Gasteiger partial charge on any atom is -0.354 e. The average Bonchev–Trinajstić information content (AvgIpc) is 2.41. The maximum absolute atomic E-state index is 12.6. The van der Waals surface area contributed by atoms with Crippen LogP contribution >= 0.6 is 0 Å². The molecule has 0 aliphatic rings. The van der Waals surface area contributed by atoms with Gasteiger partial charge in [-0.05, 0) is 30.3 Å². The molecule has 1 aromatic carbocycles. The molecule has 2 aromatic rings. The number of nitrogens with zero attached hydrogens (tertiary/aromatic N) is 2. The molecule has 0 fully saturated rings. The summed E-state index contributed by atoms with van der Waals surface area (Å²) in [6.45, 7) is 0. The number of hydrazone groups is 1. The molecule has 0 saturated heterocycles. The monoisotopic (exact) mass is 280 g/mol. The van der Waals surface area contributed by atoms with E-state index in [-0.39, 0.29) is 0 Å². The van der Waals surface area contributed by atoms with Crippen LogP contribution in [0.5, 0.6) is 0 Å². The molecular formula is C13H11F3N4. The van der Waals surface area contributed by atoms with Crippen molar-refractivity contribution in [3.63, 3.8) is 0 Å². The fourth-order valence-corrected chi connectivity index (χ4v) is 1.57. The Balaban J connectivity index is 2.17. The Bertz CT molecular complexity index is 606. The zero-order valence-electron chi connectivity index (χ0n) is 10.2. The van der Waals surface area contributed by atoms with E-state index in [0.29, 0.717) is 17.1 Å². The number of hydrogen-bond acceptors (Lipinski definition) is 4. The van der Waals surface area contributed by atoms with Gasteiger partial charge in [0.05, 0.1) is 29.4 Å². The fourth-order valence-electron chi connectivity index (χ4n) is 1.57. The highest BCUT2D eigenvalue weighted by molar-refractivity contribution is 5.77. The van der Waals surface area contributed by atoms with Crippen molar-refractivity contribution in [3.8, 4) is 0 Å². The number of alkyl halides is 3. The molecule has 0 bridgehead atoms. The Hall–Kier alpha value is -2.57. The lowest BCUT2D eigenvalue weighted by molar-refractivity contribution is -0.137. The quantitative estimate of drug-likeness (QED) is 0.516. The number of nitrogens with one attached hydrogen (secondary N) is 1. The zero-order chi connectivity index (χ0) is 14.6. The second-order valence-corrected chi connectivity index (χ2v) is 3.95. The van der Waals surface area contributed by atoms with Crippen molar-refractivity contribution < 1.29 is 13.2 Å². The summed E-state index contributed by atoms with van der Waals surface area (Å²) in [6.07, 6.45) is -1.51. The van der Waals surface area contributed by atoms with Gasteiger partial charge in [0.15, 0.2) is 0 Å². The highest BCUT2D eigenvalue weighted by atomic mass is 19.4. The van der Waals surface area contributed by atoms with E-state index in [4.69, 9.17) is 5.84 Å². The molecule has 0 unspecified atom stereocenters. The average molecular weight is 280 g/mol. The van der Waals surface area contributed by atoms with Gasteiger partial charge in [0, 0.05) is 5.69 Å². The second-order valence-electron chi connectivity index (χ2n) is 3.95. The van der Waals surface area contributed by atoms with E-state index in [1.54, 1.807) is 18.2 Å². The molecule has 20 heavy (non-hydrogen) atoms. The van der Waals surface area contributed by atoms with Crippen LogP contribution < -0.4 is 11.2 Å². The van der Waals surface area contributed by atoms with Crippen LogP contribution in [-0.2, 0) is 6.18 Å². The number of pyridine rings is 1. The van der Waals surface area contributed by atoms with Crippen molar-refractivity contribution >= 4 is 17.6 Å². The molecular weight excluding hydrogens is 269 g/mol. The Labute approximate surface area is 113 Å². The van der Waals surface area contributed by atoms with Crippen molar-refractivity contribution in [2.75, 3.05) is 5.32 Å². The molecule has 7 heteroatoms. The molecule has 3 N–H and O–H groups in total. The lowest BCUT2D eigenvalue weighted by Crippen LogP contribution is -2.05. The SMILES string of the molecule is N/N=C/c1ccc(Nc2cccc(C(F)(F)F)c2)cn1. The minimum atomic E-state index is -4.36. The van der Waals surface area contributed by atoms with Crippen molar-refractivity contribution in [1.82, 2.24) is 4.98 Å². The summed E-state index contributed by atoms with van der Waals surface area (Å²) in [5, 5.41) is 6.17. The van der Waals surface area contributed by atoms with Gasteiger partial charge in [-0.3, -0.25) is 4.98 Å². The van der Waals surface area contributed by atoms with Crippen LogP contribution in [0.15, 0.2) is 47.7 Å². The Morgan fingerprint density at radius 3 is 2.55 bits per heavy atom. The Morgan fingerprint density at radius 2 is 1.95 bits per heavy atom. The topological polar surface area (TPSA) is 63.3 Å². The van der Waals surface area contributed by atoms with Gasteiger partial charge >= 0.3 is 6.18 Å². The van der Waals surface area contributed by atoms with Gasteiger partial charge in [-0.1, -0.05) is 6.07 Å². The molecule has 2 rings (SSSR count). The van der Waals surface area contributed by atoms with E-state index in [0.717, 1.165) is 12.1 Å². The summed E-state index contributed by atoms with van der Waals surface area (Å²) in [4.78, 5) is 4.02. The van der Waals surface area contributed by atoms with E-state index in [2.05, 4.69) is 15.4 Å². The third kappa shape index (κ3) is 3.47. The molecule has 0 saturated carbocycles. The van der Waals surface area contributed by atoms with Gasteiger partial charge in [-0.2, -0.15) is 18.3 Å². The first kappa shape index (κ1) is 13.9. The summed E-state index contributed by atoms with van der Waals surface area (Å²) in [6, 6.07) is 8.26. The molecule has 4 nitrogen and oxygen atoms in total. The molecule has 1 heterocycles. The number of rotatable bonds is 3. The number of aromatic nitrogens is 1. The van der Waals surface area contributed by atoms with Gasteiger partial charge < -0.3 is 11.2 Å². The third-order valence-electron chi connectivity index (χ3n) is 2.47. The maximum Gasteiger partial charge on any atom is 0.416 e. The number of halogens is 3. The van der Waals surface area contributed by atoms with Gasteiger partial charge in [0.2, 0.25) is 0 Å². The fraction of sp³-hybridized carbons (Fsp3) is 0.0769. The molecule has 0 spiro atoms. The smallest absolute Gasteiger partial charge is 0.354 e. The minimum absolute atomic E-state index is 0.335. The predicted octanol–water partition coefficient (Wildman–Crippen LogP) is 3.14. The molecule has 0 atom stereocenters. The molecule has 0 aliphatic carbocycles. The Morgan fingerprint density at radius 1 is 1.15 bits per heavy atom. The van der Waals surface area contributed by atoms with E-state index < -0.39 is 11.7 Å². The van der Waals surface area contributed by atoms with Crippen LogP contribution in [0.2, 0.25) is 0 Å². The van der Waals surface area contributed by atoms with Crippen LogP contribution in [0.4, 0.5) is 24.5 Å². The molecule has 0 radical (unpaired) electrons. The van der Waals surface area contributed by atoms with Crippen molar-refractivity contribution in [1.29, 1.82) is 0 Å². The molecule has 104 valence electrons. The van der Waals surface area contributed by atoms with Crippen molar-refractivity contribution in [3.05, 3.63) is 53.9 Å². The van der Waals surface area contributed by atoms with Crippen molar-refractivity contribution in [2.45, 2.75) is 6.18 Å². The zero-order valence-corrected chi connectivity index (χ0v) is 10.2. The highest BCUT2D eigenvalue weighted by Gasteiger charge is 2.30. The van der Waals surface area contributed by atoms with Crippen LogP contribution in [0.1, 0.15) is 11.3 Å². The van der Waals surface area contributed by atoms with E-state index in [9.17, 15) is 13.2 Å². The van der Waals surface area contributed by atoms with Gasteiger partial charge in [-0.25, -0.2) is 0 Å². The summed E-state index contributed by atoms with van der Waals surface area (Å²) >= 11 is 0. The largest absolute Gasteiger partial charge is 0.416 e. The summed E-state index contributed by atoms with van der Waals surface area (Å²) in [5.41, 5.74) is 0.754. The normalized spacial score (nSPS) is 11.8.